The van der Waals surface area contributed by atoms with Gasteiger partial charge in [-0.2, -0.15) is 0 Å². The van der Waals surface area contributed by atoms with E-state index >= 15 is 0 Å². The first-order valence-electron chi connectivity index (χ1n) is 4.14. The SMILES string of the molecule is CCNCc1csc(OCC)n1. The summed E-state index contributed by atoms with van der Waals surface area (Å²) in [4.78, 5) is 4.27. The van der Waals surface area contributed by atoms with E-state index in [2.05, 4.69) is 17.2 Å². The van der Waals surface area contributed by atoms with Gasteiger partial charge in [0.25, 0.3) is 5.19 Å². The molecule has 0 aliphatic rings. The lowest BCUT2D eigenvalue weighted by Gasteiger charge is -1.96. The molecule has 1 aromatic rings. The molecule has 0 amide bonds. The van der Waals surface area contributed by atoms with E-state index in [1.165, 1.54) is 0 Å². The van der Waals surface area contributed by atoms with E-state index in [4.69, 9.17) is 4.74 Å². The van der Waals surface area contributed by atoms with E-state index in [0.717, 1.165) is 24.0 Å². The third kappa shape index (κ3) is 2.79. The van der Waals surface area contributed by atoms with Gasteiger partial charge in [0.15, 0.2) is 0 Å². The lowest BCUT2D eigenvalue weighted by atomic mass is 10.5. The number of hydrogen-bond acceptors (Lipinski definition) is 4. The molecule has 0 bridgehead atoms. The van der Waals surface area contributed by atoms with E-state index in [-0.39, 0.29) is 0 Å². The minimum absolute atomic E-state index is 0.689. The first-order chi connectivity index (χ1) is 5.86. The van der Waals surface area contributed by atoms with Gasteiger partial charge in [0.05, 0.1) is 12.3 Å². The minimum Gasteiger partial charge on any atom is -0.470 e. The van der Waals surface area contributed by atoms with Crippen molar-refractivity contribution in [1.29, 1.82) is 0 Å². The van der Waals surface area contributed by atoms with Gasteiger partial charge in [-0.25, -0.2) is 4.98 Å². The third-order valence-electron chi connectivity index (χ3n) is 1.35. The van der Waals surface area contributed by atoms with Gasteiger partial charge in [-0.3, -0.25) is 0 Å². The Bertz CT molecular complexity index is 225. The molecular weight excluding hydrogens is 172 g/mol. The Labute approximate surface area is 76.8 Å². The number of thiazole rings is 1. The Morgan fingerprint density at radius 1 is 1.58 bits per heavy atom. The van der Waals surface area contributed by atoms with Crippen molar-refractivity contribution in [3.63, 3.8) is 0 Å². The van der Waals surface area contributed by atoms with Gasteiger partial charge in [-0.05, 0) is 13.5 Å². The van der Waals surface area contributed by atoms with E-state index in [0.29, 0.717) is 6.61 Å². The maximum absolute atomic E-state index is 5.25. The summed E-state index contributed by atoms with van der Waals surface area (Å²) >= 11 is 1.55. The molecule has 0 saturated carbocycles. The molecule has 12 heavy (non-hydrogen) atoms. The first kappa shape index (κ1) is 9.48. The van der Waals surface area contributed by atoms with Crippen LogP contribution in [0.4, 0.5) is 0 Å². The second-order valence-corrected chi connectivity index (χ2v) is 3.14. The Balaban J connectivity index is 2.41. The van der Waals surface area contributed by atoms with Crippen LogP contribution in [0.2, 0.25) is 0 Å². The average Bonchev–Trinajstić information content (AvgIpc) is 2.50. The van der Waals surface area contributed by atoms with Crippen molar-refractivity contribution < 1.29 is 4.74 Å². The highest BCUT2D eigenvalue weighted by Crippen LogP contribution is 2.17. The smallest absolute Gasteiger partial charge is 0.273 e. The molecule has 0 aliphatic carbocycles. The van der Waals surface area contributed by atoms with Gasteiger partial charge < -0.3 is 10.1 Å². The lowest BCUT2D eigenvalue weighted by Crippen LogP contribution is -2.11. The van der Waals surface area contributed by atoms with Crippen molar-refractivity contribution >= 4 is 11.3 Å². The summed E-state index contributed by atoms with van der Waals surface area (Å²) in [6.45, 7) is 6.54. The predicted molar refractivity (Wildman–Crippen MR) is 50.7 cm³/mol. The highest BCUT2D eigenvalue weighted by molar-refractivity contribution is 7.11. The number of hydrogen-bond donors (Lipinski definition) is 1. The molecule has 0 aromatic carbocycles. The summed E-state index contributed by atoms with van der Waals surface area (Å²) in [6.07, 6.45) is 0. The van der Waals surface area contributed by atoms with Crippen LogP contribution in [0, 0.1) is 0 Å². The third-order valence-corrected chi connectivity index (χ3v) is 2.16. The molecular formula is C8H14N2OS. The molecule has 1 N–H and O–H groups in total. The number of ether oxygens (including phenoxy) is 1. The standard InChI is InChI=1S/C8H14N2OS/c1-3-9-5-7-6-12-8(10-7)11-4-2/h6,9H,3-5H2,1-2H3. The molecule has 1 heterocycles. The molecule has 0 radical (unpaired) electrons. The molecule has 0 saturated heterocycles. The zero-order valence-electron chi connectivity index (χ0n) is 7.46. The van der Waals surface area contributed by atoms with Gasteiger partial charge in [-0.1, -0.05) is 18.3 Å². The number of aromatic nitrogens is 1. The second kappa shape index (κ2) is 5.11. The first-order valence-corrected chi connectivity index (χ1v) is 5.02. The summed E-state index contributed by atoms with van der Waals surface area (Å²) in [7, 11) is 0. The quantitative estimate of drug-likeness (QED) is 0.759. The maximum atomic E-state index is 5.25. The molecule has 0 atom stereocenters. The monoisotopic (exact) mass is 186 g/mol. The van der Waals surface area contributed by atoms with Crippen LogP contribution in [-0.4, -0.2) is 18.1 Å². The zero-order valence-corrected chi connectivity index (χ0v) is 8.28. The Hall–Kier alpha value is -0.610. The molecule has 1 aromatic heterocycles. The molecule has 0 aliphatic heterocycles. The topological polar surface area (TPSA) is 34.1 Å². The van der Waals surface area contributed by atoms with Crippen molar-refractivity contribution in [2.24, 2.45) is 0 Å². The van der Waals surface area contributed by atoms with E-state index in [9.17, 15) is 0 Å². The number of rotatable bonds is 5. The van der Waals surface area contributed by atoms with Crippen LogP contribution >= 0.6 is 11.3 Å². The highest BCUT2D eigenvalue weighted by Gasteiger charge is 2.00. The fraction of sp³-hybridized carbons (Fsp3) is 0.625. The number of nitrogens with zero attached hydrogens (tertiary/aromatic N) is 1. The largest absolute Gasteiger partial charge is 0.470 e. The van der Waals surface area contributed by atoms with Crippen LogP contribution in [0.25, 0.3) is 0 Å². The van der Waals surface area contributed by atoms with Gasteiger partial charge >= 0.3 is 0 Å². The Morgan fingerprint density at radius 3 is 3.08 bits per heavy atom. The normalized spacial score (nSPS) is 10.2. The van der Waals surface area contributed by atoms with Crippen LogP contribution in [0.3, 0.4) is 0 Å². The van der Waals surface area contributed by atoms with E-state index in [1.807, 2.05) is 12.3 Å². The van der Waals surface area contributed by atoms with E-state index in [1.54, 1.807) is 11.3 Å². The summed E-state index contributed by atoms with van der Waals surface area (Å²) < 4.78 is 5.25. The highest BCUT2D eigenvalue weighted by atomic mass is 32.1. The van der Waals surface area contributed by atoms with Crippen molar-refractivity contribution in [3.05, 3.63) is 11.1 Å². The Kier molecular flexibility index (Phi) is 4.04. The predicted octanol–water partition coefficient (Wildman–Crippen LogP) is 1.65. The number of nitrogens with one attached hydrogen (secondary N) is 1. The second-order valence-electron chi connectivity index (χ2n) is 2.32. The van der Waals surface area contributed by atoms with Crippen molar-refractivity contribution in [2.75, 3.05) is 13.2 Å². The van der Waals surface area contributed by atoms with Crippen molar-refractivity contribution in [1.82, 2.24) is 10.3 Å². The Morgan fingerprint density at radius 2 is 2.42 bits per heavy atom. The fourth-order valence-electron chi connectivity index (χ4n) is 0.812. The van der Waals surface area contributed by atoms with Crippen LogP contribution < -0.4 is 10.1 Å². The van der Waals surface area contributed by atoms with E-state index < -0.39 is 0 Å². The van der Waals surface area contributed by atoms with Crippen molar-refractivity contribution in [3.8, 4) is 5.19 Å². The van der Waals surface area contributed by atoms with Crippen LogP contribution in [0.5, 0.6) is 5.19 Å². The average molecular weight is 186 g/mol. The summed E-state index contributed by atoms with van der Waals surface area (Å²) in [5, 5.41) is 6.00. The molecule has 4 heteroatoms. The molecule has 0 fully saturated rings. The van der Waals surface area contributed by atoms with Gasteiger partial charge in [0.2, 0.25) is 0 Å². The fourth-order valence-corrected chi connectivity index (χ4v) is 1.54. The van der Waals surface area contributed by atoms with Crippen LogP contribution in [0.15, 0.2) is 5.38 Å². The molecule has 0 spiro atoms. The van der Waals surface area contributed by atoms with Gasteiger partial charge in [-0.15, -0.1) is 0 Å². The minimum atomic E-state index is 0.689. The van der Waals surface area contributed by atoms with Gasteiger partial charge in [0, 0.05) is 11.9 Å². The summed E-state index contributed by atoms with van der Waals surface area (Å²) in [6, 6.07) is 0. The maximum Gasteiger partial charge on any atom is 0.273 e. The van der Waals surface area contributed by atoms with Crippen LogP contribution in [-0.2, 0) is 6.54 Å². The molecule has 3 nitrogen and oxygen atoms in total. The molecule has 1 rings (SSSR count). The lowest BCUT2D eigenvalue weighted by molar-refractivity contribution is 0.337. The summed E-state index contributed by atoms with van der Waals surface area (Å²) in [5.74, 6) is 0. The van der Waals surface area contributed by atoms with Crippen LogP contribution in [0.1, 0.15) is 19.5 Å². The van der Waals surface area contributed by atoms with Gasteiger partial charge in [0.1, 0.15) is 0 Å². The summed E-state index contributed by atoms with van der Waals surface area (Å²) in [5.41, 5.74) is 1.06. The molecule has 0 unspecified atom stereocenters. The molecule has 68 valence electrons. The zero-order chi connectivity index (χ0) is 8.81. The van der Waals surface area contributed by atoms with Crippen molar-refractivity contribution in [2.45, 2.75) is 20.4 Å².